The monoisotopic (exact) mass is 447 g/mol. The molecule has 0 radical (unpaired) electrons. The summed E-state index contributed by atoms with van der Waals surface area (Å²) in [5, 5.41) is -0.137. The average Bonchev–Trinajstić information content (AvgIpc) is 2.53. The Hall–Kier alpha value is -0.973. The van der Waals surface area contributed by atoms with Crippen molar-refractivity contribution in [1.82, 2.24) is 4.90 Å². The van der Waals surface area contributed by atoms with Gasteiger partial charge in [0.2, 0.25) is 12.7 Å². The lowest BCUT2D eigenvalue weighted by Gasteiger charge is -2.52. The Bertz CT molecular complexity index is 703. The van der Waals surface area contributed by atoms with Gasteiger partial charge in [0, 0.05) is 11.8 Å². The van der Waals surface area contributed by atoms with Crippen LogP contribution in [0.15, 0.2) is 10.6 Å². The molecule has 0 aromatic rings. The van der Waals surface area contributed by atoms with Crippen LogP contribution in [0.4, 0.5) is 0 Å². The van der Waals surface area contributed by atoms with Gasteiger partial charge >= 0.3 is 11.9 Å². The number of allylic oxidation sites excluding steroid dienone is 1. The number of amides is 1. The molecule has 158 valence electrons. The average molecular weight is 448 g/mol. The van der Waals surface area contributed by atoms with E-state index in [1.807, 2.05) is 6.92 Å². The van der Waals surface area contributed by atoms with Crippen LogP contribution in [0.1, 0.15) is 41.5 Å². The smallest absolute Gasteiger partial charge is 0.358 e. The van der Waals surface area contributed by atoms with Gasteiger partial charge in [-0.05, 0) is 32.0 Å². The Balaban J connectivity index is 2.10. The summed E-state index contributed by atoms with van der Waals surface area (Å²) < 4.78 is 16.1. The second kappa shape index (κ2) is 8.41. The van der Waals surface area contributed by atoms with Crippen molar-refractivity contribution in [1.29, 1.82) is 0 Å². The summed E-state index contributed by atoms with van der Waals surface area (Å²) in [5.74, 6) is -1.65. The quantitative estimate of drug-likeness (QED) is 0.199. The molecule has 2 aliphatic heterocycles. The largest absolute Gasteiger partial charge is 0.428 e. The predicted octanol–water partition coefficient (Wildman–Crippen LogP) is 3.87. The highest BCUT2D eigenvalue weighted by atomic mass is 33.1. The van der Waals surface area contributed by atoms with E-state index < -0.39 is 27.0 Å². The molecule has 2 aliphatic rings. The Labute approximate surface area is 175 Å². The van der Waals surface area contributed by atoms with Crippen LogP contribution in [-0.2, 0) is 28.3 Å². The Kier molecular flexibility index (Phi) is 7.00. The van der Waals surface area contributed by atoms with Crippen molar-refractivity contribution >= 4 is 47.8 Å². The molecule has 7 nitrogen and oxygen atoms in total. The Morgan fingerprint density at radius 2 is 1.86 bits per heavy atom. The van der Waals surface area contributed by atoms with Gasteiger partial charge in [0.25, 0.3) is 0 Å². The fourth-order valence-corrected chi connectivity index (χ4v) is 7.05. The maximum Gasteiger partial charge on any atom is 0.358 e. The molecule has 1 saturated heterocycles. The van der Waals surface area contributed by atoms with E-state index in [4.69, 9.17) is 9.16 Å². The number of hydrogen-bond donors (Lipinski definition) is 0. The molecule has 2 rings (SSSR count). The summed E-state index contributed by atoms with van der Waals surface area (Å²) in [6, 6.07) is 0. The SMILES string of the molecule is CC(=O)OCOC(=O)C1=C(C)SS[C@@H]2[C@@H]([C@@H](C)O[Si](C)(C)C(C)(C)C)C(=O)N12. The first-order chi connectivity index (χ1) is 12.8. The number of fused-ring (bicyclic) bond motifs is 1. The molecule has 0 saturated carbocycles. The van der Waals surface area contributed by atoms with Crippen molar-refractivity contribution in [3.8, 4) is 0 Å². The minimum absolute atomic E-state index is 0.0460. The first-order valence-corrected chi connectivity index (χ1v) is 14.3. The van der Waals surface area contributed by atoms with Gasteiger partial charge in [-0.25, -0.2) is 4.79 Å². The van der Waals surface area contributed by atoms with E-state index >= 15 is 0 Å². The summed E-state index contributed by atoms with van der Waals surface area (Å²) in [5.41, 5.74) is 0.224. The van der Waals surface area contributed by atoms with Crippen molar-refractivity contribution in [2.24, 2.45) is 5.92 Å². The van der Waals surface area contributed by atoms with E-state index in [9.17, 15) is 14.4 Å². The minimum Gasteiger partial charge on any atom is -0.428 e. The fraction of sp³-hybridized carbons (Fsp3) is 0.722. The molecule has 10 heteroatoms. The first kappa shape index (κ1) is 23.3. The molecule has 0 N–H and O–H groups in total. The molecule has 0 unspecified atom stereocenters. The summed E-state index contributed by atoms with van der Waals surface area (Å²) in [4.78, 5) is 38.4. The van der Waals surface area contributed by atoms with E-state index in [0.717, 1.165) is 0 Å². The number of nitrogens with zero attached hydrogens (tertiary/aromatic N) is 1. The lowest BCUT2D eigenvalue weighted by Crippen LogP contribution is -2.65. The van der Waals surface area contributed by atoms with Crippen LogP contribution in [-0.4, -0.2) is 49.3 Å². The van der Waals surface area contributed by atoms with E-state index in [2.05, 4.69) is 38.6 Å². The third kappa shape index (κ3) is 4.60. The molecule has 0 aromatic carbocycles. The molecule has 28 heavy (non-hydrogen) atoms. The van der Waals surface area contributed by atoms with Crippen LogP contribution in [0.25, 0.3) is 0 Å². The molecule has 0 spiro atoms. The summed E-state index contributed by atoms with van der Waals surface area (Å²) in [7, 11) is 0.986. The van der Waals surface area contributed by atoms with Crippen LogP contribution in [0.3, 0.4) is 0 Å². The zero-order valence-corrected chi connectivity index (χ0v) is 20.3. The Morgan fingerprint density at radius 1 is 1.25 bits per heavy atom. The normalized spacial score (nSPS) is 23.7. The summed E-state index contributed by atoms with van der Waals surface area (Å²) in [6.07, 6.45) is -0.237. The van der Waals surface area contributed by atoms with Crippen molar-refractivity contribution in [3.63, 3.8) is 0 Å². The highest BCUT2D eigenvalue weighted by molar-refractivity contribution is 8.78. The summed E-state index contributed by atoms with van der Waals surface area (Å²) >= 11 is 0. The lowest BCUT2D eigenvalue weighted by atomic mass is 9.92. The first-order valence-electron chi connectivity index (χ1n) is 9.13. The second-order valence-electron chi connectivity index (χ2n) is 8.48. The second-order valence-corrected chi connectivity index (χ2v) is 15.8. The molecule has 0 aliphatic carbocycles. The number of carbonyl (C=O) groups is 3. The van der Waals surface area contributed by atoms with Crippen molar-refractivity contribution in [2.75, 3.05) is 6.79 Å². The van der Waals surface area contributed by atoms with Crippen molar-refractivity contribution in [3.05, 3.63) is 10.6 Å². The van der Waals surface area contributed by atoms with Crippen molar-refractivity contribution < 1.29 is 28.3 Å². The zero-order chi connectivity index (χ0) is 21.4. The number of rotatable bonds is 6. The van der Waals surface area contributed by atoms with Gasteiger partial charge in [-0.1, -0.05) is 42.4 Å². The molecule has 0 aromatic heterocycles. The van der Waals surface area contributed by atoms with E-state index in [0.29, 0.717) is 4.91 Å². The van der Waals surface area contributed by atoms with Gasteiger partial charge in [-0.15, -0.1) is 0 Å². The molecular formula is C18H29NO6S2Si. The topological polar surface area (TPSA) is 82.1 Å². The lowest BCUT2D eigenvalue weighted by molar-refractivity contribution is -0.168. The Morgan fingerprint density at radius 3 is 2.39 bits per heavy atom. The summed E-state index contributed by atoms with van der Waals surface area (Å²) in [6.45, 7) is 15.3. The van der Waals surface area contributed by atoms with E-state index in [1.54, 1.807) is 17.7 Å². The minimum atomic E-state index is -2.02. The molecule has 0 bridgehead atoms. The highest BCUT2D eigenvalue weighted by Gasteiger charge is 2.57. The van der Waals surface area contributed by atoms with Crippen LogP contribution in [0.2, 0.25) is 18.1 Å². The van der Waals surface area contributed by atoms with E-state index in [-0.39, 0.29) is 34.0 Å². The number of esters is 2. The molecule has 3 atom stereocenters. The maximum absolute atomic E-state index is 12.9. The maximum atomic E-state index is 12.9. The van der Waals surface area contributed by atoms with Crippen LogP contribution < -0.4 is 0 Å². The van der Waals surface area contributed by atoms with Crippen molar-refractivity contribution in [2.45, 2.75) is 71.2 Å². The third-order valence-electron chi connectivity index (χ3n) is 5.37. The van der Waals surface area contributed by atoms with Gasteiger partial charge in [0.1, 0.15) is 11.1 Å². The zero-order valence-electron chi connectivity index (χ0n) is 17.7. The van der Waals surface area contributed by atoms with Crippen LogP contribution in [0.5, 0.6) is 0 Å². The standard InChI is InChI=1S/C18H29NO6S2Si/c1-10(25-28(7,8)18(4,5)6)13-15(21)19-14(11(2)26-27-16(13)19)17(22)24-9-23-12(3)20/h10,13,16H,9H2,1-8H3/t10-,13+,16-/m1/s1. The molecular weight excluding hydrogens is 418 g/mol. The van der Waals surface area contributed by atoms with Gasteiger partial charge in [-0.3, -0.25) is 14.5 Å². The third-order valence-corrected chi connectivity index (χ3v) is 12.8. The number of hydrogen-bond acceptors (Lipinski definition) is 8. The predicted molar refractivity (Wildman–Crippen MR) is 112 cm³/mol. The van der Waals surface area contributed by atoms with Crippen LogP contribution in [0, 0.1) is 5.92 Å². The van der Waals surface area contributed by atoms with E-state index in [1.165, 1.54) is 22.6 Å². The fourth-order valence-electron chi connectivity index (χ4n) is 2.78. The number of ether oxygens (including phenoxy) is 2. The number of β-lactam (4-membered cyclic amide) rings is 1. The van der Waals surface area contributed by atoms with Gasteiger partial charge in [0.05, 0.1) is 12.0 Å². The highest BCUT2D eigenvalue weighted by Crippen LogP contribution is 2.53. The molecule has 2 heterocycles. The van der Waals surface area contributed by atoms with Gasteiger partial charge < -0.3 is 13.9 Å². The molecule has 1 amide bonds. The van der Waals surface area contributed by atoms with Gasteiger partial charge in [-0.2, -0.15) is 0 Å². The molecule has 1 fully saturated rings. The van der Waals surface area contributed by atoms with Crippen LogP contribution >= 0.6 is 21.6 Å². The number of carbonyl (C=O) groups excluding carboxylic acids is 3. The van der Waals surface area contributed by atoms with Gasteiger partial charge in [0.15, 0.2) is 8.32 Å².